The van der Waals surface area contributed by atoms with E-state index in [4.69, 9.17) is 0 Å². The van der Waals surface area contributed by atoms with E-state index in [1.54, 1.807) is 19.4 Å². The third-order valence-corrected chi connectivity index (χ3v) is 4.32. The van der Waals surface area contributed by atoms with Crippen LogP contribution < -0.4 is 10.0 Å². The van der Waals surface area contributed by atoms with Gasteiger partial charge in [0, 0.05) is 31.7 Å². The van der Waals surface area contributed by atoms with Gasteiger partial charge in [0.05, 0.1) is 10.9 Å². The molecule has 1 atom stereocenters. The lowest BCUT2D eigenvalue weighted by atomic mass is 10.2. The van der Waals surface area contributed by atoms with Crippen LogP contribution in [0.2, 0.25) is 0 Å². The maximum atomic E-state index is 12.4. The lowest BCUT2D eigenvalue weighted by Crippen LogP contribution is -2.29. The Hall–Kier alpha value is -1.93. The fraction of sp³-hybridized carbons (Fsp3) is 0.333. The van der Waals surface area contributed by atoms with Crippen molar-refractivity contribution in [2.24, 2.45) is 0 Å². The van der Waals surface area contributed by atoms with E-state index in [1.807, 2.05) is 6.92 Å². The fourth-order valence-electron chi connectivity index (χ4n) is 1.77. The van der Waals surface area contributed by atoms with Crippen molar-refractivity contribution in [1.82, 2.24) is 19.7 Å². The third-order valence-electron chi connectivity index (χ3n) is 2.85. The standard InChI is InChI=1S/C12H17N5O2S/c1-3-10(12-15-6-7-16-12)17-20(18,19)9-4-5-14-11(8-9)13-2/h4-8,10,17H,3H2,1-2H3,(H,13,14)(H,15,16). The van der Waals surface area contributed by atoms with Gasteiger partial charge < -0.3 is 10.3 Å². The van der Waals surface area contributed by atoms with Gasteiger partial charge in [-0.25, -0.2) is 23.1 Å². The highest BCUT2D eigenvalue weighted by atomic mass is 32.2. The monoisotopic (exact) mass is 295 g/mol. The predicted molar refractivity (Wildman–Crippen MR) is 75.7 cm³/mol. The van der Waals surface area contributed by atoms with Gasteiger partial charge in [0.15, 0.2) is 0 Å². The molecule has 0 aliphatic rings. The van der Waals surface area contributed by atoms with Crippen LogP contribution in [-0.2, 0) is 10.0 Å². The molecule has 2 aromatic heterocycles. The number of anilines is 1. The van der Waals surface area contributed by atoms with Gasteiger partial charge in [-0.05, 0) is 12.5 Å². The van der Waals surface area contributed by atoms with Crippen LogP contribution in [0.15, 0.2) is 35.6 Å². The Morgan fingerprint density at radius 1 is 1.35 bits per heavy atom. The van der Waals surface area contributed by atoms with Crippen molar-refractivity contribution < 1.29 is 8.42 Å². The average Bonchev–Trinajstić information content (AvgIpc) is 2.99. The molecule has 0 aliphatic carbocycles. The normalized spacial score (nSPS) is 13.1. The van der Waals surface area contributed by atoms with Gasteiger partial charge >= 0.3 is 0 Å². The van der Waals surface area contributed by atoms with Crippen molar-refractivity contribution in [3.63, 3.8) is 0 Å². The van der Waals surface area contributed by atoms with Gasteiger partial charge in [0.25, 0.3) is 0 Å². The highest BCUT2D eigenvalue weighted by molar-refractivity contribution is 7.89. The molecule has 2 heterocycles. The number of hydrogen-bond donors (Lipinski definition) is 3. The summed E-state index contributed by atoms with van der Waals surface area (Å²) in [5.74, 6) is 1.10. The summed E-state index contributed by atoms with van der Waals surface area (Å²) in [6.07, 6.45) is 5.31. The van der Waals surface area contributed by atoms with E-state index in [-0.39, 0.29) is 10.9 Å². The Bertz CT molecular complexity index is 654. The highest BCUT2D eigenvalue weighted by Crippen LogP contribution is 2.18. The van der Waals surface area contributed by atoms with Crippen LogP contribution in [0.25, 0.3) is 0 Å². The molecular formula is C12H17N5O2S. The van der Waals surface area contributed by atoms with Crippen molar-refractivity contribution in [2.75, 3.05) is 12.4 Å². The minimum absolute atomic E-state index is 0.168. The molecule has 0 fully saturated rings. The molecule has 108 valence electrons. The molecule has 0 bridgehead atoms. The quantitative estimate of drug-likeness (QED) is 0.745. The molecular weight excluding hydrogens is 278 g/mol. The summed E-state index contributed by atoms with van der Waals surface area (Å²) in [7, 11) is -1.94. The van der Waals surface area contributed by atoms with Crippen molar-refractivity contribution in [3.05, 3.63) is 36.5 Å². The van der Waals surface area contributed by atoms with Gasteiger partial charge in [-0.15, -0.1) is 0 Å². The van der Waals surface area contributed by atoms with E-state index in [1.165, 1.54) is 18.3 Å². The van der Waals surface area contributed by atoms with Crippen molar-refractivity contribution in [1.29, 1.82) is 0 Å². The third kappa shape index (κ3) is 3.14. The summed E-state index contributed by atoms with van der Waals surface area (Å²) in [5.41, 5.74) is 0. The summed E-state index contributed by atoms with van der Waals surface area (Å²) in [5, 5.41) is 2.81. The number of rotatable bonds is 6. The SMILES string of the molecule is CCC(NS(=O)(=O)c1ccnc(NC)c1)c1ncc[nH]1. The zero-order valence-electron chi connectivity index (χ0n) is 11.3. The van der Waals surface area contributed by atoms with Gasteiger partial charge in [-0.3, -0.25) is 0 Å². The molecule has 1 unspecified atom stereocenters. The molecule has 0 spiro atoms. The molecule has 0 saturated carbocycles. The molecule has 8 heteroatoms. The maximum absolute atomic E-state index is 12.4. The number of H-pyrrole nitrogens is 1. The van der Waals surface area contributed by atoms with Crippen LogP contribution in [-0.4, -0.2) is 30.4 Å². The Morgan fingerprint density at radius 3 is 2.75 bits per heavy atom. The molecule has 0 radical (unpaired) electrons. The predicted octanol–water partition coefficient (Wildman–Crippen LogP) is 1.28. The molecule has 0 aromatic carbocycles. The van der Waals surface area contributed by atoms with E-state index in [0.717, 1.165) is 0 Å². The van der Waals surface area contributed by atoms with E-state index in [0.29, 0.717) is 18.1 Å². The zero-order valence-corrected chi connectivity index (χ0v) is 12.1. The fourth-order valence-corrected chi connectivity index (χ4v) is 3.07. The van der Waals surface area contributed by atoms with Gasteiger partial charge in [-0.2, -0.15) is 0 Å². The van der Waals surface area contributed by atoms with E-state index >= 15 is 0 Å². The second-order valence-electron chi connectivity index (χ2n) is 4.18. The van der Waals surface area contributed by atoms with E-state index < -0.39 is 10.0 Å². The number of nitrogens with one attached hydrogen (secondary N) is 3. The van der Waals surface area contributed by atoms with Crippen molar-refractivity contribution >= 4 is 15.8 Å². The second-order valence-corrected chi connectivity index (χ2v) is 5.90. The minimum atomic E-state index is -3.62. The highest BCUT2D eigenvalue weighted by Gasteiger charge is 2.22. The lowest BCUT2D eigenvalue weighted by Gasteiger charge is -2.15. The number of aromatic nitrogens is 3. The Morgan fingerprint density at radius 2 is 2.15 bits per heavy atom. The first kappa shape index (κ1) is 14.5. The topological polar surface area (TPSA) is 99.8 Å². The van der Waals surface area contributed by atoms with E-state index in [2.05, 4.69) is 25.0 Å². The van der Waals surface area contributed by atoms with Crippen LogP contribution in [0, 0.1) is 0 Å². The number of nitrogens with zero attached hydrogens (tertiary/aromatic N) is 2. The number of aromatic amines is 1. The summed E-state index contributed by atoms with van der Waals surface area (Å²) in [4.78, 5) is 11.2. The molecule has 20 heavy (non-hydrogen) atoms. The van der Waals surface area contributed by atoms with Gasteiger partial charge in [-0.1, -0.05) is 6.92 Å². The zero-order chi connectivity index (χ0) is 14.6. The molecule has 3 N–H and O–H groups in total. The van der Waals surface area contributed by atoms with Gasteiger partial charge in [0.1, 0.15) is 11.6 Å². The lowest BCUT2D eigenvalue weighted by molar-refractivity contribution is 0.539. The van der Waals surface area contributed by atoms with Crippen LogP contribution in [0.1, 0.15) is 25.2 Å². The molecule has 0 saturated heterocycles. The average molecular weight is 295 g/mol. The first-order valence-electron chi connectivity index (χ1n) is 6.22. The molecule has 7 nitrogen and oxygen atoms in total. The number of sulfonamides is 1. The molecule has 0 amide bonds. The Kier molecular flexibility index (Phi) is 4.35. The Balaban J connectivity index is 2.26. The summed E-state index contributed by atoms with van der Waals surface area (Å²) >= 11 is 0. The van der Waals surface area contributed by atoms with Gasteiger partial charge in [0.2, 0.25) is 10.0 Å². The second kappa shape index (κ2) is 6.02. The first-order valence-corrected chi connectivity index (χ1v) is 7.70. The molecule has 0 aliphatic heterocycles. The van der Waals surface area contributed by atoms with Crippen LogP contribution >= 0.6 is 0 Å². The minimum Gasteiger partial charge on any atom is -0.373 e. The largest absolute Gasteiger partial charge is 0.373 e. The van der Waals surface area contributed by atoms with Crippen molar-refractivity contribution in [2.45, 2.75) is 24.3 Å². The molecule has 2 aromatic rings. The first-order chi connectivity index (χ1) is 9.56. The van der Waals surface area contributed by atoms with E-state index in [9.17, 15) is 8.42 Å². The summed E-state index contributed by atoms with van der Waals surface area (Å²) in [6.45, 7) is 1.89. The van der Waals surface area contributed by atoms with Crippen LogP contribution in [0.5, 0.6) is 0 Å². The number of imidazole rings is 1. The summed E-state index contributed by atoms with van der Waals surface area (Å²) < 4.78 is 27.3. The van der Waals surface area contributed by atoms with Crippen LogP contribution in [0.3, 0.4) is 0 Å². The van der Waals surface area contributed by atoms with Crippen LogP contribution in [0.4, 0.5) is 5.82 Å². The Labute approximate surface area is 117 Å². The van der Waals surface area contributed by atoms with Crippen molar-refractivity contribution in [3.8, 4) is 0 Å². The maximum Gasteiger partial charge on any atom is 0.241 e. The molecule has 2 rings (SSSR count). The summed E-state index contributed by atoms with van der Waals surface area (Å²) in [6, 6.07) is 2.55. The number of hydrogen-bond acceptors (Lipinski definition) is 5. The smallest absolute Gasteiger partial charge is 0.241 e. The number of pyridine rings is 1.